The van der Waals surface area contributed by atoms with E-state index in [1.165, 1.54) is 32.7 Å². The number of dihydropyridines is 1. The zero-order valence-electron chi connectivity index (χ0n) is 25.2. The minimum Gasteiger partial charge on any atom is -0.377 e. The van der Waals surface area contributed by atoms with Crippen molar-refractivity contribution in [3.63, 3.8) is 0 Å². The maximum Gasteiger partial charge on any atom is 0.119 e. The smallest absolute Gasteiger partial charge is 0.119 e. The van der Waals surface area contributed by atoms with E-state index in [1.807, 2.05) is 36.7 Å². The largest absolute Gasteiger partial charge is 0.377 e. The Morgan fingerprint density at radius 3 is 1.73 bits per heavy atom. The summed E-state index contributed by atoms with van der Waals surface area (Å²) in [5.41, 5.74) is 9.23. The van der Waals surface area contributed by atoms with Crippen molar-refractivity contribution >= 4 is 29.6 Å². The van der Waals surface area contributed by atoms with E-state index in [1.54, 1.807) is 0 Å². The molecule has 0 radical (unpaired) electrons. The molecular formula is C39H34N4Si. The number of allylic oxidation sites excluding steroid dienone is 4. The molecule has 2 aliphatic rings. The number of rotatable bonds is 6. The summed E-state index contributed by atoms with van der Waals surface area (Å²) in [5.74, 6) is 0. The molecule has 2 aromatic carbocycles. The van der Waals surface area contributed by atoms with Gasteiger partial charge in [0, 0.05) is 6.20 Å². The Hall–Kier alpha value is -5.13. The topological polar surface area (TPSA) is 50.7 Å². The molecule has 44 heavy (non-hydrogen) atoms. The van der Waals surface area contributed by atoms with Gasteiger partial charge in [0.25, 0.3) is 0 Å². The molecule has 1 unspecified atom stereocenters. The van der Waals surface area contributed by atoms with Gasteiger partial charge in [0.15, 0.2) is 0 Å². The van der Waals surface area contributed by atoms with E-state index in [9.17, 15) is 0 Å². The molecule has 0 saturated carbocycles. The fourth-order valence-electron chi connectivity index (χ4n) is 6.51. The van der Waals surface area contributed by atoms with Gasteiger partial charge in [-0.05, 0) is 88.3 Å². The van der Waals surface area contributed by atoms with Gasteiger partial charge in [-0.15, -0.1) is 0 Å². The summed E-state index contributed by atoms with van der Waals surface area (Å²) in [6, 6.07) is 40.3. The van der Waals surface area contributed by atoms with Crippen LogP contribution in [0.25, 0.3) is 32.9 Å². The van der Waals surface area contributed by atoms with Gasteiger partial charge in [-0.25, -0.2) is 4.98 Å². The van der Waals surface area contributed by atoms with Gasteiger partial charge in [0.1, 0.15) is 8.07 Å². The molecule has 1 atom stereocenters. The molecule has 1 N–H and O–H groups in total. The van der Waals surface area contributed by atoms with E-state index in [4.69, 9.17) is 9.97 Å². The number of hydrogen-bond acceptors (Lipinski definition) is 4. The summed E-state index contributed by atoms with van der Waals surface area (Å²) in [6.45, 7) is 7.07. The van der Waals surface area contributed by atoms with Gasteiger partial charge in [-0.1, -0.05) is 104 Å². The standard InChI is InChI=1S/C39H34N4Si/c1-39(25-11-13-27-41-39)34-24-15-23-33(43-34)38-36(29-18-8-5-9-19-29)35(28-16-6-4-7-17-28)37(44(38,2)3)32-22-14-21-31(42-32)30-20-10-12-26-40-30/h4-27,41H,1-3H3. The number of nitrogens with one attached hydrogen (secondary N) is 1. The average Bonchev–Trinajstić information content (AvgIpc) is 3.33. The van der Waals surface area contributed by atoms with Crippen LogP contribution in [0.1, 0.15) is 35.1 Å². The second kappa shape index (κ2) is 11.2. The fourth-order valence-corrected chi connectivity index (χ4v) is 10.1. The third-order valence-electron chi connectivity index (χ3n) is 8.61. The lowest BCUT2D eigenvalue weighted by atomic mass is 9.90. The first-order chi connectivity index (χ1) is 21.5. The average molecular weight is 587 g/mol. The van der Waals surface area contributed by atoms with Crippen LogP contribution in [0.2, 0.25) is 13.1 Å². The van der Waals surface area contributed by atoms with E-state index < -0.39 is 8.07 Å². The highest BCUT2D eigenvalue weighted by Crippen LogP contribution is 2.55. The summed E-state index contributed by atoms with van der Waals surface area (Å²) < 4.78 is 0. The van der Waals surface area contributed by atoms with Gasteiger partial charge >= 0.3 is 0 Å². The first-order valence-electron chi connectivity index (χ1n) is 15.1. The first-order valence-corrected chi connectivity index (χ1v) is 18.1. The minimum absolute atomic E-state index is 0.389. The normalized spacial score (nSPS) is 18.9. The van der Waals surface area contributed by atoms with E-state index in [-0.39, 0.29) is 5.54 Å². The van der Waals surface area contributed by atoms with Crippen LogP contribution in [0.3, 0.4) is 0 Å². The molecule has 0 bridgehead atoms. The second-order valence-electron chi connectivity index (χ2n) is 12.0. The summed E-state index contributed by atoms with van der Waals surface area (Å²) in [6.07, 6.45) is 10.1. The molecule has 0 spiro atoms. The maximum absolute atomic E-state index is 5.42. The monoisotopic (exact) mass is 586 g/mol. The Labute approximate surface area is 260 Å². The van der Waals surface area contributed by atoms with Gasteiger partial charge in [0.05, 0.1) is 34.0 Å². The first kappa shape index (κ1) is 27.7. The Kier molecular flexibility index (Phi) is 7.03. The van der Waals surface area contributed by atoms with Crippen LogP contribution >= 0.6 is 0 Å². The van der Waals surface area contributed by atoms with Crippen molar-refractivity contribution in [3.05, 3.63) is 174 Å². The summed E-state index contributed by atoms with van der Waals surface area (Å²) >= 11 is 0. The lowest BCUT2D eigenvalue weighted by Gasteiger charge is -2.30. The Morgan fingerprint density at radius 1 is 0.568 bits per heavy atom. The lowest BCUT2D eigenvalue weighted by molar-refractivity contribution is 0.507. The Morgan fingerprint density at radius 2 is 1.14 bits per heavy atom. The van der Waals surface area contributed by atoms with Crippen LogP contribution in [0.15, 0.2) is 146 Å². The van der Waals surface area contributed by atoms with Crippen LogP contribution in [0.4, 0.5) is 0 Å². The SMILES string of the molecule is CC1(c2cccc(C3=C(c4ccccc4)C(c4ccccc4)=C(c4cccc(-c5ccccn5)n4)[Si]3(C)C)n2)C=CC=CN1. The van der Waals surface area contributed by atoms with Crippen LogP contribution in [-0.2, 0) is 5.54 Å². The number of aromatic nitrogens is 3. The zero-order valence-corrected chi connectivity index (χ0v) is 26.2. The van der Waals surface area contributed by atoms with Crippen molar-refractivity contribution in [1.29, 1.82) is 0 Å². The van der Waals surface area contributed by atoms with Gasteiger partial charge < -0.3 is 5.32 Å². The molecule has 4 nitrogen and oxygen atoms in total. The molecule has 0 amide bonds. The van der Waals surface area contributed by atoms with Crippen LogP contribution < -0.4 is 5.32 Å². The highest BCUT2D eigenvalue weighted by atomic mass is 28.3. The van der Waals surface area contributed by atoms with Gasteiger partial charge in [-0.3, -0.25) is 9.97 Å². The lowest BCUT2D eigenvalue weighted by Crippen LogP contribution is -2.36. The van der Waals surface area contributed by atoms with E-state index in [2.05, 4.69) is 140 Å². The number of benzene rings is 2. The van der Waals surface area contributed by atoms with E-state index in [0.29, 0.717) is 0 Å². The molecule has 0 fully saturated rings. The molecule has 2 aliphatic heterocycles. The van der Waals surface area contributed by atoms with Crippen LogP contribution in [-0.4, -0.2) is 23.0 Å². The minimum atomic E-state index is -2.43. The summed E-state index contributed by atoms with van der Waals surface area (Å²) in [5, 5.41) is 6.16. The van der Waals surface area contributed by atoms with Gasteiger partial charge in [0.2, 0.25) is 0 Å². The Balaban J connectivity index is 1.51. The molecular weight excluding hydrogens is 553 g/mol. The molecule has 5 heterocycles. The third-order valence-corrected chi connectivity index (χ3v) is 12.1. The van der Waals surface area contributed by atoms with E-state index in [0.717, 1.165) is 28.5 Å². The maximum atomic E-state index is 5.42. The molecule has 214 valence electrons. The molecule has 5 heteroatoms. The Bertz CT molecular complexity index is 1960. The van der Waals surface area contributed by atoms with Crippen molar-refractivity contribution in [2.75, 3.05) is 0 Å². The molecule has 7 rings (SSSR count). The van der Waals surface area contributed by atoms with Crippen molar-refractivity contribution < 1.29 is 0 Å². The molecule has 0 saturated heterocycles. The summed E-state index contributed by atoms with van der Waals surface area (Å²) in [4.78, 5) is 15.3. The second-order valence-corrected chi connectivity index (χ2v) is 16.2. The number of pyridine rings is 3. The predicted molar refractivity (Wildman–Crippen MR) is 184 cm³/mol. The summed E-state index contributed by atoms with van der Waals surface area (Å²) in [7, 11) is -2.43. The van der Waals surface area contributed by atoms with Gasteiger partial charge in [-0.2, -0.15) is 0 Å². The van der Waals surface area contributed by atoms with E-state index >= 15 is 0 Å². The van der Waals surface area contributed by atoms with Crippen molar-refractivity contribution in [3.8, 4) is 11.4 Å². The zero-order chi connectivity index (χ0) is 30.1. The van der Waals surface area contributed by atoms with Crippen molar-refractivity contribution in [2.45, 2.75) is 25.6 Å². The van der Waals surface area contributed by atoms with Crippen molar-refractivity contribution in [2.24, 2.45) is 0 Å². The third kappa shape index (κ3) is 4.85. The quantitative estimate of drug-likeness (QED) is 0.202. The van der Waals surface area contributed by atoms with Crippen LogP contribution in [0, 0.1) is 0 Å². The highest BCUT2D eigenvalue weighted by molar-refractivity contribution is 7.13. The van der Waals surface area contributed by atoms with Crippen molar-refractivity contribution in [1.82, 2.24) is 20.3 Å². The molecule has 0 aliphatic carbocycles. The fraction of sp³-hybridized carbons (Fsp3) is 0.103. The number of hydrogen-bond donors (Lipinski definition) is 1. The predicted octanol–water partition coefficient (Wildman–Crippen LogP) is 8.75. The highest BCUT2D eigenvalue weighted by Gasteiger charge is 2.45. The number of nitrogens with zero attached hydrogens (tertiary/aromatic N) is 3. The molecule has 5 aromatic rings. The molecule has 3 aromatic heterocycles. The van der Waals surface area contributed by atoms with Crippen LogP contribution in [0.5, 0.6) is 0 Å².